The van der Waals surface area contributed by atoms with Crippen molar-refractivity contribution in [1.82, 2.24) is 10.2 Å². The number of carbonyl (C=O) groups excluding carboxylic acids is 2. The van der Waals surface area contributed by atoms with E-state index in [0.717, 1.165) is 17.3 Å². The van der Waals surface area contributed by atoms with E-state index in [-0.39, 0.29) is 37.7 Å². The minimum atomic E-state index is -0.988. The molecule has 2 N–H and O–H groups in total. The van der Waals surface area contributed by atoms with Gasteiger partial charge in [-0.15, -0.1) is 0 Å². The van der Waals surface area contributed by atoms with Gasteiger partial charge in [0.2, 0.25) is 5.91 Å². The first-order valence-electron chi connectivity index (χ1n) is 8.31. The highest BCUT2D eigenvalue weighted by Gasteiger charge is 2.32. The Morgan fingerprint density at radius 3 is 2.61 bits per heavy atom. The summed E-state index contributed by atoms with van der Waals surface area (Å²) in [5.41, 5.74) is 0.754. The molecule has 0 radical (unpaired) electrons. The molecule has 1 aromatic rings. The van der Waals surface area contributed by atoms with Crippen LogP contribution < -0.4 is 14.8 Å². The van der Waals surface area contributed by atoms with E-state index in [0.29, 0.717) is 20.7 Å². The molecule has 0 aromatic heterocycles. The van der Waals surface area contributed by atoms with Crippen LogP contribution in [0.2, 0.25) is 0 Å². The molecule has 2 rings (SSSR count). The zero-order chi connectivity index (χ0) is 20.7. The number of nitrogens with zero attached hydrogens (tertiary/aromatic N) is 1. The number of nitrogens with one attached hydrogen (secondary N) is 1. The highest BCUT2D eigenvalue weighted by molar-refractivity contribution is 8.26. The van der Waals surface area contributed by atoms with Gasteiger partial charge in [-0.2, -0.15) is 0 Å². The van der Waals surface area contributed by atoms with E-state index < -0.39 is 5.97 Å². The van der Waals surface area contributed by atoms with Gasteiger partial charge in [-0.05, 0) is 23.8 Å². The summed E-state index contributed by atoms with van der Waals surface area (Å²) in [6, 6.07) is 5.29. The number of aliphatic carboxylic acids is 1. The van der Waals surface area contributed by atoms with Gasteiger partial charge in [0.25, 0.3) is 5.91 Å². The number of benzene rings is 1. The third-order valence-corrected chi connectivity index (χ3v) is 5.18. The second kappa shape index (κ2) is 10.1. The van der Waals surface area contributed by atoms with E-state index in [9.17, 15) is 14.4 Å². The fraction of sp³-hybridized carbons (Fsp3) is 0.333. The Kier molecular flexibility index (Phi) is 7.82. The van der Waals surface area contributed by atoms with Gasteiger partial charge in [-0.25, -0.2) is 0 Å². The van der Waals surface area contributed by atoms with Crippen molar-refractivity contribution in [2.45, 2.75) is 12.8 Å². The van der Waals surface area contributed by atoms with Gasteiger partial charge in [0.15, 0.2) is 11.5 Å². The standard InChI is InChI=1S/C18H20N2O6S2/c1-25-12-4-3-11(9-13(12)26-2)10-14-17(24)20(18(27)28-14)8-6-15(21)19-7-5-16(22)23/h3-4,9-10H,5-8H2,1-2H3,(H,19,21)(H,22,23)/b14-10+. The normalized spacial score (nSPS) is 15.1. The lowest BCUT2D eigenvalue weighted by Crippen LogP contribution is -2.34. The van der Waals surface area contributed by atoms with Crippen LogP contribution in [0.1, 0.15) is 18.4 Å². The van der Waals surface area contributed by atoms with E-state index in [1.165, 1.54) is 12.0 Å². The number of thioether (sulfide) groups is 1. The summed E-state index contributed by atoms with van der Waals surface area (Å²) in [4.78, 5) is 36.6. The maximum atomic E-state index is 12.6. The van der Waals surface area contributed by atoms with Crippen molar-refractivity contribution in [3.05, 3.63) is 28.7 Å². The molecular formula is C18H20N2O6S2. The van der Waals surface area contributed by atoms with E-state index >= 15 is 0 Å². The van der Waals surface area contributed by atoms with Crippen molar-refractivity contribution in [2.24, 2.45) is 0 Å². The predicted octanol–water partition coefficient (Wildman–Crippen LogP) is 1.89. The topological polar surface area (TPSA) is 105 Å². The van der Waals surface area contributed by atoms with Gasteiger partial charge in [0.1, 0.15) is 4.32 Å². The van der Waals surface area contributed by atoms with Crippen LogP contribution in [0.4, 0.5) is 0 Å². The molecule has 0 saturated carbocycles. The predicted molar refractivity (Wildman–Crippen MR) is 109 cm³/mol. The molecule has 0 bridgehead atoms. The number of carboxylic acids is 1. The summed E-state index contributed by atoms with van der Waals surface area (Å²) < 4.78 is 10.8. The van der Waals surface area contributed by atoms with Crippen molar-refractivity contribution >= 4 is 52.2 Å². The minimum absolute atomic E-state index is 0.0374. The number of methoxy groups -OCH3 is 2. The van der Waals surface area contributed by atoms with Crippen molar-refractivity contribution in [3.63, 3.8) is 0 Å². The number of rotatable bonds is 9. The van der Waals surface area contributed by atoms with E-state index in [2.05, 4.69) is 5.32 Å². The molecule has 10 heteroatoms. The molecule has 28 heavy (non-hydrogen) atoms. The van der Waals surface area contributed by atoms with Crippen LogP contribution >= 0.6 is 24.0 Å². The van der Waals surface area contributed by atoms with Crippen LogP contribution in [-0.2, 0) is 14.4 Å². The molecule has 1 aliphatic heterocycles. The summed E-state index contributed by atoms with van der Waals surface area (Å²) in [7, 11) is 3.07. The van der Waals surface area contributed by atoms with Gasteiger partial charge in [-0.3, -0.25) is 19.3 Å². The van der Waals surface area contributed by atoms with E-state index in [4.69, 9.17) is 26.8 Å². The van der Waals surface area contributed by atoms with Crippen LogP contribution in [0.25, 0.3) is 6.08 Å². The monoisotopic (exact) mass is 424 g/mol. The minimum Gasteiger partial charge on any atom is -0.493 e. The van der Waals surface area contributed by atoms with Crippen molar-refractivity contribution in [3.8, 4) is 11.5 Å². The highest BCUT2D eigenvalue weighted by Crippen LogP contribution is 2.34. The molecule has 0 unspecified atom stereocenters. The average molecular weight is 425 g/mol. The Morgan fingerprint density at radius 1 is 1.25 bits per heavy atom. The van der Waals surface area contributed by atoms with E-state index in [1.54, 1.807) is 31.4 Å². The van der Waals surface area contributed by atoms with Crippen molar-refractivity contribution < 1.29 is 29.0 Å². The second-order valence-corrected chi connectivity index (χ2v) is 7.37. The summed E-state index contributed by atoms with van der Waals surface area (Å²) in [6.07, 6.45) is 1.59. The fourth-order valence-corrected chi connectivity index (χ4v) is 3.71. The number of ether oxygens (including phenoxy) is 2. The lowest BCUT2D eigenvalue weighted by Gasteiger charge is -2.14. The first-order valence-corrected chi connectivity index (χ1v) is 9.54. The molecule has 1 fully saturated rings. The number of carboxylic acid groups (broad SMARTS) is 1. The Bertz CT molecular complexity index is 824. The van der Waals surface area contributed by atoms with Gasteiger partial charge in [-0.1, -0.05) is 30.0 Å². The summed E-state index contributed by atoms with van der Waals surface area (Å²) in [6.45, 7) is 0.179. The first kappa shape index (κ1) is 21.7. The van der Waals surface area contributed by atoms with Crippen molar-refractivity contribution in [2.75, 3.05) is 27.3 Å². The molecule has 0 spiro atoms. The Morgan fingerprint density at radius 2 is 1.96 bits per heavy atom. The molecule has 150 valence electrons. The van der Waals surface area contributed by atoms with Gasteiger partial charge in [0, 0.05) is 19.5 Å². The zero-order valence-electron chi connectivity index (χ0n) is 15.4. The maximum Gasteiger partial charge on any atom is 0.305 e. The average Bonchev–Trinajstić information content (AvgIpc) is 2.92. The Hall–Kier alpha value is -2.59. The van der Waals surface area contributed by atoms with Crippen LogP contribution in [0, 0.1) is 0 Å². The molecule has 1 saturated heterocycles. The maximum absolute atomic E-state index is 12.6. The van der Waals surface area contributed by atoms with Gasteiger partial charge >= 0.3 is 5.97 Å². The lowest BCUT2D eigenvalue weighted by molar-refractivity contribution is -0.136. The summed E-state index contributed by atoms with van der Waals surface area (Å²) >= 11 is 6.41. The number of hydrogen-bond acceptors (Lipinski definition) is 7. The second-order valence-electron chi connectivity index (χ2n) is 5.69. The molecular weight excluding hydrogens is 404 g/mol. The number of hydrogen-bond donors (Lipinski definition) is 2. The molecule has 2 amide bonds. The molecule has 1 aliphatic rings. The third kappa shape index (κ3) is 5.70. The van der Waals surface area contributed by atoms with Gasteiger partial charge in [0.05, 0.1) is 25.5 Å². The SMILES string of the molecule is COc1ccc(/C=C2/SC(=S)N(CCC(=O)NCCC(=O)O)C2=O)cc1OC. The smallest absolute Gasteiger partial charge is 0.305 e. The summed E-state index contributed by atoms with van der Waals surface area (Å²) in [5.74, 6) is -0.467. The van der Waals surface area contributed by atoms with Crippen molar-refractivity contribution in [1.29, 1.82) is 0 Å². The lowest BCUT2D eigenvalue weighted by atomic mass is 10.2. The number of amides is 2. The Labute approximate surface area is 171 Å². The van der Waals surface area contributed by atoms with Crippen LogP contribution in [0.3, 0.4) is 0 Å². The number of carbonyl (C=O) groups is 3. The van der Waals surface area contributed by atoms with Crippen LogP contribution in [0.15, 0.2) is 23.1 Å². The number of thiocarbonyl (C=S) groups is 1. The van der Waals surface area contributed by atoms with Gasteiger partial charge < -0.3 is 19.9 Å². The van der Waals surface area contributed by atoms with Crippen LogP contribution in [-0.4, -0.2) is 59.4 Å². The molecule has 0 atom stereocenters. The molecule has 1 aromatic carbocycles. The first-order chi connectivity index (χ1) is 13.3. The molecule has 1 heterocycles. The van der Waals surface area contributed by atoms with Crippen LogP contribution in [0.5, 0.6) is 11.5 Å². The fourth-order valence-electron chi connectivity index (χ4n) is 2.40. The Balaban J connectivity index is 2.00. The van der Waals surface area contributed by atoms with E-state index in [1.807, 2.05) is 0 Å². The molecule has 8 nitrogen and oxygen atoms in total. The molecule has 0 aliphatic carbocycles. The third-order valence-electron chi connectivity index (χ3n) is 3.80. The zero-order valence-corrected chi connectivity index (χ0v) is 17.0. The largest absolute Gasteiger partial charge is 0.493 e. The summed E-state index contributed by atoms with van der Waals surface area (Å²) in [5, 5.41) is 11.1. The quantitative estimate of drug-likeness (QED) is 0.457. The highest BCUT2D eigenvalue weighted by atomic mass is 32.2.